The Morgan fingerprint density at radius 3 is 2.39 bits per heavy atom. The molecule has 1 aliphatic rings. The van der Waals surface area contributed by atoms with Gasteiger partial charge in [-0.15, -0.1) is 0 Å². The highest BCUT2D eigenvalue weighted by atomic mass is 32.2. The Labute approximate surface area is 264 Å². The lowest BCUT2D eigenvalue weighted by atomic mass is 10.0. The summed E-state index contributed by atoms with van der Waals surface area (Å²) >= 11 is 4.96. The van der Waals surface area contributed by atoms with Crippen LogP contribution in [-0.2, 0) is 29.9 Å². The van der Waals surface area contributed by atoms with Crippen LogP contribution < -0.4 is 10.5 Å². The molecular formula is C34H34FNO6S2. The van der Waals surface area contributed by atoms with E-state index in [2.05, 4.69) is 0 Å². The fraction of sp³-hybridized carbons (Fsp3) is 0.265. The summed E-state index contributed by atoms with van der Waals surface area (Å²) in [5.41, 5.74) is 10.7. The highest BCUT2D eigenvalue weighted by Gasteiger charge is 2.30. The van der Waals surface area contributed by atoms with Crippen LogP contribution in [0.5, 0.6) is 5.75 Å². The molecule has 0 bridgehead atoms. The molecule has 0 fully saturated rings. The quantitative estimate of drug-likeness (QED) is 0.102. The fourth-order valence-corrected chi connectivity index (χ4v) is 5.36. The first-order chi connectivity index (χ1) is 21.1. The number of halogens is 1. The topological polar surface area (TPSA) is 105 Å². The zero-order valence-electron chi connectivity index (χ0n) is 24.8. The lowest BCUT2D eigenvalue weighted by molar-refractivity contribution is -0.165. The molecule has 4 rings (SSSR count). The smallest absolute Gasteiger partial charge is 0.355 e. The molecule has 1 aliphatic carbocycles. The number of carbonyl (C=O) groups is 2. The van der Waals surface area contributed by atoms with Crippen LogP contribution in [0.2, 0.25) is 0 Å². The van der Waals surface area contributed by atoms with Crippen molar-refractivity contribution in [2.45, 2.75) is 44.1 Å². The van der Waals surface area contributed by atoms with Gasteiger partial charge in [0.15, 0.2) is 0 Å². The molecule has 230 valence electrons. The minimum absolute atomic E-state index is 0.178. The summed E-state index contributed by atoms with van der Waals surface area (Å²) in [6, 6.07) is 18.1. The van der Waals surface area contributed by atoms with Crippen LogP contribution in [0.1, 0.15) is 55.4 Å². The Balaban J connectivity index is 1.55. The summed E-state index contributed by atoms with van der Waals surface area (Å²) < 4.78 is 42.9. The number of carbonyl (C=O) groups excluding carboxylic acids is 2. The van der Waals surface area contributed by atoms with Gasteiger partial charge >= 0.3 is 11.9 Å². The van der Waals surface area contributed by atoms with Crippen molar-refractivity contribution in [2.75, 3.05) is 19.5 Å². The number of esters is 2. The Morgan fingerprint density at radius 1 is 1.05 bits per heavy atom. The van der Waals surface area contributed by atoms with E-state index in [4.69, 9.17) is 32.2 Å². The zero-order valence-corrected chi connectivity index (χ0v) is 26.4. The average molecular weight is 636 g/mol. The summed E-state index contributed by atoms with van der Waals surface area (Å²) in [7, 11) is -1.10. The summed E-state index contributed by atoms with van der Waals surface area (Å²) in [6.45, 7) is 4.08. The minimum Gasteiger partial charge on any atom is -0.448 e. The third-order valence-corrected chi connectivity index (χ3v) is 8.27. The molecule has 0 aliphatic heterocycles. The van der Waals surface area contributed by atoms with Gasteiger partial charge in [-0.25, -0.2) is 9.18 Å². The molecule has 2 N–H and O–H groups in total. The normalized spacial score (nSPS) is 14.7. The highest BCUT2D eigenvalue weighted by molar-refractivity contribution is 7.84. The van der Waals surface area contributed by atoms with Gasteiger partial charge in [0.25, 0.3) is 0 Å². The van der Waals surface area contributed by atoms with Gasteiger partial charge in [0, 0.05) is 34.1 Å². The molecule has 10 heteroatoms. The molecule has 3 aromatic rings. The van der Waals surface area contributed by atoms with Gasteiger partial charge in [0.05, 0.1) is 13.0 Å². The summed E-state index contributed by atoms with van der Waals surface area (Å²) in [4.78, 5) is 27.3. The molecule has 0 heterocycles. The number of allylic oxidation sites excluding steroid dienone is 2. The number of unbranched alkanes of at least 4 members (excludes halogenated alkanes) is 1. The number of rotatable bonds is 13. The molecule has 0 saturated carbocycles. The molecule has 7 nitrogen and oxygen atoms in total. The number of nitrogens with two attached hydrogens (primary N) is 1. The number of thiocarbonyl (C=S) groups is 1. The van der Waals surface area contributed by atoms with E-state index >= 15 is 0 Å². The van der Waals surface area contributed by atoms with Crippen molar-refractivity contribution in [2.24, 2.45) is 5.73 Å². The van der Waals surface area contributed by atoms with Crippen molar-refractivity contribution in [3.63, 3.8) is 0 Å². The summed E-state index contributed by atoms with van der Waals surface area (Å²) in [6.07, 6.45) is 3.71. The lowest BCUT2D eigenvalue weighted by Crippen LogP contribution is -2.35. The second kappa shape index (κ2) is 15.1. The Kier molecular flexibility index (Phi) is 11.3. The SMILES string of the molecule is CCCCOCC(OC(=O)CC1=C(C)/C(=C/c2ccc(S(C)=O)cc2)c2ccc(F)cc21)C(=O)Oc1ccc(C(N)=S)cc1. The van der Waals surface area contributed by atoms with E-state index in [1.807, 2.05) is 32.1 Å². The van der Waals surface area contributed by atoms with Crippen LogP contribution in [0.4, 0.5) is 4.39 Å². The van der Waals surface area contributed by atoms with Crippen molar-refractivity contribution >= 4 is 57.2 Å². The van der Waals surface area contributed by atoms with E-state index in [0.717, 1.165) is 35.1 Å². The molecule has 3 aromatic carbocycles. The Morgan fingerprint density at radius 2 is 1.75 bits per heavy atom. The van der Waals surface area contributed by atoms with Crippen molar-refractivity contribution in [3.8, 4) is 5.75 Å². The van der Waals surface area contributed by atoms with Crippen LogP contribution >= 0.6 is 12.2 Å². The number of ether oxygens (including phenoxy) is 3. The third kappa shape index (κ3) is 8.34. The van der Waals surface area contributed by atoms with Gasteiger partial charge in [-0.1, -0.05) is 43.8 Å². The van der Waals surface area contributed by atoms with Gasteiger partial charge < -0.3 is 19.9 Å². The van der Waals surface area contributed by atoms with E-state index in [9.17, 15) is 18.2 Å². The second-order valence-corrected chi connectivity index (χ2v) is 12.1. The maximum absolute atomic E-state index is 14.4. The molecule has 0 amide bonds. The highest BCUT2D eigenvalue weighted by Crippen LogP contribution is 2.44. The van der Waals surface area contributed by atoms with E-state index in [1.54, 1.807) is 48.7 Å². The summed E-state index contributed by atoms with van der Waals surface area (Å²) in [5, 5.41) is 0. The van der Waals surface area contributed by atoms with Crippen molar-refractivity contribution in [3.05, 3.63) is 100 Å². The lowest BCUT2D eigenvalue weighted by Gasteiger charge is -2.18. The van der Waals surface area contributed by atoms with Crippen molar-refractivity contribution in [1.29, 1.82) is 0 Å². The minimum atomic E-state index is -1.32. The predicted molar refractivity (Wildman–Crippen MR) is 174 cm³/mol. The van der Waals surface area contributed by atoms with Crippen LogP contribution in [0, 0.1) is 5.82 Å². The van der Waals surface area contributed by atoms with Gasteiger partial charge in [-0.2, -0.15) is 0 Å². The molecule has 0 aromatic heterocycles. The average Bonchev–Trinajstić information content (AvgIpc) is 3.24. The molecule has 0 radical (unpaired) electrons. The van der Waals surface area contributed by atoms with Crippen molar-refractivity contribution < 1.29 is 32.4 Å². The number of fused-ring (bicyclic) bond motifs is 1. The van der Waals surface area contributed by atoms with E-state index in [-0.39, 0.29) is 23.8 Å². The molecular weight excluding hydrogens is 602 g/mol. The van der Waals surface area contributed by atoms with Gasteiger partial charge in [0.1, 0.15) is 16.6 Å². The first-order valence-electron chi connectivity index (χ1n) is 14.1. The third-order valence-electron chi connectivity index (χ3n) is 7.10. The molecule has 44 heavy (non-hydrogen) atoms. The van der Waals surface area contributed by atoms with Gasteiger partial charge in [0.2, 0.25) is 6.10 Å². The van der Waals surface area contributed by atoms with Gasteiger partial charge in [-0.05, 0) is 101 Å². The Hall–Kier alpha value is -3.99. The molecule has 2 atom stereocenters. The van der Waals surface area contributed by atoms with Gasteiger partial charge in [-0.3, -0.25) is 9.00 Å². The van der Waals surface area contributed by atoms with Crippen LogP contribution in [0.3, 0.4) is 0 Å². The monoisotopic (exact) mass is 635 g/mol. The van der Waals surface area contributed by atoms with Crippen LogP contribution in [-0.4, -0.2) is 46.7 Å². The number of hydrogen-bond donors (Lipinski definition) is 1. The first kappa shape index (κ1) is 32.9. The Bertz CT molecular complexity index is 1630. The molecule has 0 saturated heterocycles. The van der Waals surface area contributed by atoms with Crippen LogP contribution in [0.15, 0.2) is 77.2 Å². The second-order valence-electron chi connectivity index (χ2n) is 10.3. The van der Waals surface area contributed by atoms with Crippen LogP contribution in [0.25, 0.3) is 17.2 Å². The predicted octanol–water partition coefficient (Wildman–Crippen LogP) is 6.25. The standard InChI is InChI=1S/C34H34FNO6S2/c1-4-5-16-40-20-31(34(38)41-25-11-8-23(9-12-25)33(36)43)42-32(37)19-29-21(2)28(27-15-10-24(35)18-30(27)29)17-22-6-13-26(14-7-22)44(3)39/h6-15,17-18,31H,4-5,16,19-20H2,1-3H3,(H2,36,43)/b28-17-. The molecule has 0 spiro atoms. The maximum atomic E-state index is 14.4. The maximum Gasteiger partial charge on any atom is 0.355 e. The van der Waals surface area contributed by atoms with E-state index in [1.165, 1.54) is 12.1 Å². The van der Waals surface area contributed by atoms with E-state index < -0.39 is 34.7 Å². The summed E-state index contributed by atoms with van der Waals surface area (Å²) in [5.74, 6) is -1.68. The molecule has 2 unspecified atom stereocenters. The number of benzene rings is 3. The number of hydrogen-bond acceptors (Lipinski definition) is 7. The van der Waals surface area contributed by atoms with Crippen molar-refractivity contribution in [1.82, 2.24) is 0 Å². The first-order valence-corrected chi connectivity index (χ1v) is 16.1. The zero-order chi connectivity index (χ0) is 31.8. The van der Waals surface area contributed by atoms with E-state index in [0.29, 0.717) is 28.2 Å². The fourth-order valence-electron chi connectivity index (χ4n) is 4.70. The largest absolute Gasteiger partial charge is 0.448 e.